The molecular weight excluding hydrogens is 406 g/mol. The zero-order valence-corrected chi connectivity index (χ0v) is 17.8. The van der Waals surface area contributed by atoms with Gasteiger partial charge in [-0.15, -0.1) is 4.36 Å². The minimum atomic E-state index is -3.58. The first-order valence-corrected chi connectivity index (χ1v) is 11.7. The molecule has 2 heterocycles. The number of carbonyl (C=O) groups is 1. The Morgan fingerprint density at radius 1 is 1.50 bits per heavy atom. The Kier molecular flexibility index (Phi) is 4.25. The third kappa shape index (κ3) is 2.93. The van der Waals surface area contributed by atoms with Crippen LogP contribution in [0.15, 0.2) is 21.5 Å². The number of nitrogens with two attached hydrogens (primary N) is 1. The Hall–Kier alpha value is -2.43. The van der Waals surface area contributed by atoms with Crippen LogP contribution in [-0.2, 0) is 35.7 Å². The molecule has 2 aliphatic carbocycles. The molecular formula is C20H25N5O4S. The highest BCUT2D eigenvalue weighted by Gasteiger charge is 2.39. The molecule has 4 N–H and O–H groups in total. The van der Waals surface area contributed by atoms with Crippen molar-refractivity contribution in [2.75, 3.05) is 11.9 Å². The van der Waals surface area contributed by atoms with Crippen molar-refractivity contribution in [3.05, 3.63) is 34.5 Å². The van der Waals surface area contributed by atoms with Crippen LogP contribution in [0.25, 0.3) is 0 Å². The zero-order chi connectivity index (χ0) is 21.3. The van der Waals surface area contributed by atoms with E-state index < -0.39 is 21.5 Å². The van der Waals surface area contributed by atoms with Gasteiger partial charge in [0, 0.05) is 5.69 Å². The number of fused-ring (bicyclic) bond motifs is 3. The summed E-state index contributed by atoms with van der Waals surface area (Å²) in [5, 5.41) is 22.5. The second-order valence-electron chi connectivity index (χ2n) is 8.69. The Bertz CT molecular complexity index is 1190. The molecule has 0 bridgehead atoms. The van der Waals surface area contributed by atoms with Crippen molar-refractivity contribution < 1.29 is 18.8 Å². The molecule has 0 saturated carbocycles. The van der Waals surface area contributed by atoms with Gasteiger partial charge in [-0.1, -0.05) is 13.0 Å². The van der Waals surface area contributed by atoms with Crippen LogP contribution in [0.1, 0.15) is 48.4 Å². The Morgan fingerprint density at radius 3 is 3.03 bits per heavy atom. The van der Waals surface area contributed by atoms with E-state index >= 15 is 0 Å². The summed E-state index contributed by atoms with van der Waals surface area (Å²) >= 11 is 0. The number of aliphatic hydroxyl groups is 1. The number of urea groups is 1. The lowest BCUT2D eigenvalue weighted by molar-refractivity contribution is 0.0399. The summed E-state index contributed by atoms with van der Waals surface area (Å²) in [6.45, 7) is 3.90. The lowest BCUT2D eigenvalue weighted by Crippen LogP contribution is -2.35. The molecule has 1 aromatic heterocycles. The maximum atomic E-state index is 13.1. The van der Waals surface area contributed by atoms with E-state index in [1.54, 1.807) is 6.92 Å². The molecule has 1 unspecified atom stereocenters. The first-order chi connectivity index (χ1) is 14.2. The number of nitrogens with zero attached hydrogens (tertiary/aromatic N) is 3. The van der Waals surface area contributed by atoms with Crippen LogP contribution in [0.4, 0.5) is 10.5 Å². The zero-order valence-electron chi connectivity index (χ0n) is 17.0. The fourth-order valence-electron chi connectivity index (χ4n) is 4.74. The number of anilines is 1. The van der Waals surface area contributed by atoms with E-state index in [1.165, 1.54) is 22.0 Å². The maximum absolute atomic E-state index is 13.1. The standard InChI is InChI=1S/C20H25N5O4S/c1-11-6-13-7-12-4-3-5-14(12)17(16(11)13)23-19(27)24-30(21,28)15-8-22-25-9-20(2,10-26)29-18(15)25/h7-8,11,26H,3-6,9-10H2,1-2H3,(H3,21,23,24,27,28)/t11-,20-,30?/m1/s1. The van der Waals surface area contributed by atoms with E-state index in [0.29, 0.717) is 12.5 Å². The molecule has 9 nitrogen and oxygen atoms in total. The molecule has 3 aliphatic rings. The van der Waals surface area contributed by atoms with Gasteiger partial charge in [0.2, 0.25) is 5.88 Å². The van der Waals surface area contributed by atoms with Crippen molar-refractivity contribution in [3.8, 4) is 5.88 Å². The summed E-state index contributed by atoms with van der Waals surface area (Å²) in [6.07, 6.45) is 5.28. The smallest absolute Gasteiger partial charge is 0.354 e. The largest absolute Gasteiger partial charge is 0.466 e. The van der Waals surface area contributed by atoms with Crippen molar-refractivity contribution in [3.63, 3.8) is 0 Å². The van der Waals surface area contributed by atoms with E-state index in [1.807, 2.05) is 0 Å². The van der Waals surface area contributed by atoms with Crippen molar-refractivity contribution in [1.82, 2.24) is 9.78 Å². The first kappa shape index (κ1) is 19.5. The highest BCUT2D eigenvalue weighted by molar-refractivity contribution is 7.91. The summed E-state index contributed by atoms with van der Waals surface area (Å²) in [5.41, 5.74) is 4.77. The molecule has 0 spiro atoms. The van der Waals surface area contributed by atoms with Crippen LogP contribution in [0.3, 0.4) is 0 Å². The number of nitrogens with one attached hydrogen (secondary N) is 1. The second-order valence-corrected chi connectivity index (χ2v) is 10.5. The predicted molar refractivity (Wildman–Crippen MR) is 111 cm³/mol. The third-order valence-corrected chi connectivity index (χ3v) is 7.58. The molecule has 160 valence electrons. The molecule has 3 atom stereocenters. The van der Waals surface area contributed by atoms with Crippen LogP contribution in [0.5, 0.6) is 5.88 Å². The molecule has 30 heavy (non-hydrogen) atoms. The van der Waals surface area contributed by atoms with Gasteiger partial charge in [-0.3, -0.25) is 0 Å². The van der Waals surface area contributed by atoms with Gasteiger partial charge in [0.1, 0.15) is 4.90 Å². The predicted octanol–water partition coefficient (Wildman–Crippen LogP) is 2.11. The van der Waals surface area contributed by atoms with Gasteiger partial charge in [0.05, 0.1) is 19.3 Å². The number of hydrogen-bond donors (Lipinski definition) is 3. The second kappa shape index (κ2) is 6.53. The van der Waals surface area contributed by atoms with Crippen molar-refractivity contribution in [1.29, 1.82) is 0 Å². The SMILES string of the molecule is C[C@@H]1Cc2cc3c(c(NC(=O)N=S(N)(=O)c4cnn5c4O[C@@](C)(CO)C5)c21)CCC3. The molecule has 5 rings (SSSR count). The molecule has 2 amide bonds. The van der Waals surface area contributed by atoms with Crippen molar-refractivity contribution in [2.24, 2.45) is 9.50 Å². The van der Waals surface area contributed by atoms with Gasteiger partial charge in [-0.25, -0.2) is 18.8 Å². The van der Waals surface area contributed by atoms with E-state index in [0.717, 1.165) is 42.5 Å². The quantitative estimate of drug-likeness (QED) is 0.685. The number of hydrogen-bond acceptors (Lipinski definition) is 5. The third-order valence-electron chi connectivity index (χ3n) is 6.23. The number of amides is 2. The molecule has 0 radical (unpaired) electrons. The Labute approximate surface area is 174 Å². The van der Waals surface area contributed by atoms with E-state index in [9.17, 15) is 14.1 Å². The van der Waals surface area contributed by atoms with Gasteiger partial charge >= 0.3 is 6.03 Å². The number of rotatable bonds is 3. The van der Waals surface area contributed by atoms with Gasteiger partial charge in [-0.05, 0) is 60.8 Å². The fourth-order valence-corrected chi connectivity index (χ4v) is 5.72. The lowest BCUT2D eigenvalue weighted by atomic mass is 9.75. The summed E-state index contributed by atoms with van der Waals surface area (Å²) < 4.78 is 24.1. The van der Waals surface area contributed by atoms with Crippen LogP contribution in [0, 0.1) is 0 Å². The Morgan fingerprint density at radius 2 is 2.30 bits per heavy atom. The normalized spacial score (nSPS) is 25.4. The number of aliphatic hydroxyl groups excluding tert-OH is 1. The average Bonchev–Trinajstić information content (AvgIpc) is 3.34. The molecule has 0 saturated heterocycles. The highest BCUT2D eigenvalue weighted by atomic mass is 32.2. The van der Waals surface area contributed by atoms with Crippen LogP contribution in [-0.4, -0.2) is 37.3 Å². The molecule has 2 aromatic rings. The molecule has 0 fully saturated rings. The van der Waals surface area contributed by atoms with Crippen LogP contribution >= 0.6 is 0 Å². The van der Waals surface area contributed by atoms with E-state index in [2.05, 4.69) is 27.8 Å². The van der Waals surface area contributed by atoms with E-state index in [4.69, 9.17) is 9.88 Å². The van der Waals surface area contributed by atoms with Gasteiger partial charge < -0.3 is 15.2 Å². The summed E-state index contributed by atoms with van der Waals surface area (Å²) in [4.78, 5) is 12.8. The number of aromatic nitrogens is 2. The van der Waals surface area contributed by atoms with Gasteiger partial charge in [-0.2, -0.15) is 5.10 Å². The van der Waals surface area contributed by atoms with Crippen molar-refractivity contribution >= 4 is 21.6 Å². The van der Waals surface area contributed by atoms with Gasteiger partial charge in [0.15, 0.2) is 15.5 Å². The number of benzene rings is 1. The lowest BCUT2D eigenvalue weighted by Gasteiger charge is -2.31. The average molecular weight is 432 g/mol. The topological polar surface area (TPSA) is 132 Å². The minimum Gasteiger partial charge on any atom is -0.466 e. The number of ether oxygens (including phenoxy) is 1. The van der Waals surface area contributed by atoms with Gasteiger partial charge in [0.25, 0.3) is 0 Å². The highest BCUT2D eigenvalue weighted by Crippen LogP contribution is 2.45. The van der Waals surface area contributed by atoms with E-state index in [-0.39, 0.29) is 17.4 Å². The minimum absolute atomic E-state index is 0.0505. The van der Waals surface area contributed by atoms with Crippen LogP contribution < -0.4 is 15.2 Å². The fraction of sp³-hybridized carbons (Fsp3) is 0.500. The monoisotopic (exact) mass is 431 g/mol. The number of carbonyl (C=O) groups excluding carboxylic acids is 1. The summed E-state index contributed by atoms with van der Waals surface area (Å²) in [5.74, 6) is 0.542. The molecule has 1 aliphatic heterocycles. The van der Waals surface area contributed by atoms with Crippen molar-refractivity contribution in [2.45, 2.75) is 62.5 Å². The maximum Gasteiger partial charge on any atom is 0.354 e. The number of aryl methyl sites for hydroxylation is 1. The summed E-state index contributed by atoms with van der Waals surface area (Å²) in [7, 11) is -3.58. The Balaban J connectivity index is 1.47. The molecule has 10 heteroatoms. The molecule has 1 aromatic carbocycles. The first-order valence-electron chi connectivity index (χ1n) is 10.1. The summed E-state index contributed by atoms with van der Waals surface area (Å²) in [6, 6.07) is 1.51. The van der Waals surface area contributed by atoms with Crippen LogP contribution in [0.2, 0.25) is 0 Å².